The number of amides is 1. The average molecular weight is 439 g/mol. The summed E-state index contributed by atoms with van der Waals surface area (Å²) in [5.41, 5.74) is 0.617. The summed E-state index contributed by atoms with van der Waals surface area (Å²) in [4.78, 5) is 14.6. The second kappa shape index (κ2) is 8.22. The fraction of sp³-hybridized carbons (Fsp3) is 0.381. The summed E-state index contributed by atoms with van der Waals surface area (Å²) in [5.74, 6) is -2.32. The summed E-state index contributed by atoms with van der Waals surface area (Å²) in [6.45, 7) is 4.12. The Bertz CT molecular complexity index is 1080. The first kappa shape index (κ1) is 22.0. The van der Waals surface area contributed by atoms with Crippen LogP contribution in [-0.2, 0) is 9.84 Å². The molecule has 2 aromatic rings. The van der Waals surface area contributed by atoms with Crippen LogP contribution < -0.4 is 9.47 Å². The van der Waals surface area contributed by atoms with Crippen molar-refractivity contribution in [3.05, 3.63) is 53.1 Å². The molecule has 30 heavy (non-hydrogen) atoms. The largest absolute Gasteiger partial charge is 0.494 e. The Morgan fingerprint density at radius 1 is 1.13 bits per heavy atom. The monoisotopic (exact) mass is 439 g/mol. The van der Waals surface area contributed by atoms with Crippen LogP contribution in [0.3, 0.4) is 0 Å². The van der Waals surface area contributed by atoms with Gasteiger partial charge in [-0.05, 0) is 43.7 Å². The van der Waals surface area contributed by atoms with Gasteiger partial charge in [0.15, 0.2) is 27.2 Å². The molecule has 2 aromatic carbocycles. The van der Waals surface area contributed by atoms with Crippen LogP contribution in [-0.4, -0.2) is 51.8 Å². The van der Waals surface area contributed by atoms with Crippen LogP contribution in [0.4, 0.5) is 8.78 Å². The second-order valence-electron chi connectivity index (χ2n) is 7.49. The Labute approximate surface area is 174 Å². The minimum atomic E-state index is -3.65. The molecule has 0 radical (unpaired) electrons. The molecular formula is C21H23F2NO5S. The molecule has 0 unspecified atom stereocenters. The number of rotatable bonds is 6. The van der Waals surface area contributed by atoms with E-state index in [0.29, 0.717) is 5.56 Å². The van der Waals surface area contributed by atoms with E-state index in [1.54, 1.807) is 13.8 Å². The Balaban J connectivity index is 1.93. The van der Waals surface area contributed by atoms with Crippen molar-refractivity contribution in [3.63, 3.8) is 0 Å². The number of hydrogen-bond donors (Lipinski definition) is 0. The standard InChI is InChI=1S/C21H23F2NO5S/c1-12(2)29-17-7-8-18(30(4,26)27)20(28-3)19(17)21(25)24-10-14(11-24)13-5-6-15(22)16(23)9-13/h5-9,12,14H,10-11H2,1-4H3. The maximum absolute atomic E-state index is 13.5. The molecule has 0 bridgehead atoms. The molecule has 0 aliphatic carbocycles. The third-order valence-electron chi connectivity index (χ3n) is 4.85. The van der Waals surface area contributed by atoms with Crippen molar-refractivity contribution >= 4 is 15.7 Å². The van der Waals surface area contributed by atoms with Crippen LogP contribution in [0.1, 0.15) is 35.7 Å². The van der Waals surface area contributed by atoms with Crippen LogP contribution in [0.5, 0.6) is 11.5 Å². The van der Waals surface area contributed by atoms with Crippen LogP contribution in [0.2, 0.25) is 0 Å². The molecule has 1 aliphatic rings. The minimum Gasteiger partial charge on any atom is -0.494 e. The van der Waals surface area contributed by atoms with Crippen molar-refractivity contribution in [1.82, 2.24) is 4.90 Å². The first-order valence-electron chi connectivity index (χ1n) is 9.34. The number of likely N-dealkylation sites (tertiary alicyclic amines) is 1. The van der Waals surface area contributed by atoms with Crippen molar-refractivity contribution in [1.29, 1.82) is 0 Å². The van der Waals surface area contributed by atoms with Crippen molar-refractivity contribution in [2.24, 2.45) is 0 Å². The number of ether oxygens (including phenoxy) is 2. The molecule has 1 saturated heterocycles. The van der Waals surface area contributed by atoms with Crippen molar-refractivity contribution in [2.45, 2.75) is 30.8 Å². The van der Waals surface area contributed by atoms with Gasteiger partial charge in [0.1, 0.15) is 16.2 Å². The van der Waals surface area contributed by atoms with Gasteiger partial charge in [-0.15, -0.1) is 0 Å². The molecular weight excluding hydrogens is 416 g/mol. The first-order chi connectivity index (χ1) is 14.0. The quantitative estimate of drug-likeness (QED) is 0.690. The van der Waals surface area contributed by atoms with Crippen molar-refractivity contribution in [2.75, 3.05) is 26.5 Å². The van der Waals surface area contributed by atoms with Crippen LogP contribution in [0.25, 0.3) is 0 Å². The van der Waals surface area contributed by atoms with Crippen LogP contribution in [0.15, 0.2) is 35.2 Å². The molecule has 9 heteroatoms. The molecule has 0 saturated carbocycles. The van der Waals surface area contributed by atoms with E-state index in [0.717, 1.165) is 18.4 Å². The normalized spacial score (nSPS) is 14.6. The highest BCUT2D eigenvalue weighted by Crippen LogP contribution is 2.39. The van der Waals surface area contributed by atoms with E-state index in [9.17, 15) is 22.0 Å². The van der Waals surface area contributed by atoms with E-state index in [1.807, 2.05) is 0 Å². The van der Waals surface area contributed by atoms with E-state index in [4.69, 9.17) is 9.47 Å². The highest BCUT2D eigenvalue weighted by Gasteiger charge is 2.37. The fourth-order valence-corrected chi connectivity index (χ4v) is 4.21. The molecule has 1 amide bonds. The van der Waals surface area contributed by atoms with Gasteiger partial charge in [-0.1, -0.05) is 6.07 Å². The molecule has 6 nitrogen and oxygen atoms in total. The van der Waals surface area contributed by atoms with E-state index in [-0.39, 0.29) is 47.1 Å². The van der Waals surface area contributed by atoms with Gasteiger partial charge in [0.2, 0.25) is 0 Å². The predicted octanol–water partition coefficient (Wildman–Crippen LogP) is 3.40. The van der Waals surface area contributed by atoms with Gasteiger partial charge < -0.3 is 14.4 Å². The van der Waals surface area contributed by atoms with Gasteiger partial charge in [0, 0.05) is 25.3 Å². The molecule has 0 N–H and O–H groups in total. The van der Waals surface area contributed by atoms with Crippen molar-refractivity contribution < 1.29 is 31.5 Å². The van der Waals surface area contributed by atoms with E-state index >= 15 is 0 Å². The van der Waals surface area contributed by atoms with Gasteiger partial charge in [-0.3, -0.25) is 4.79 Å². The molecule has 1 fully saturated rings. The lowest BCUT2D eigenvalue weighted by atomic mass is 9.90. The molecule has 0 atom stereocenters. The summed E-state index contributed by atoms with van der Waals surface area (Å²) in [7, 11) is -2.36. The maximum Gasteiger partial charge on any atom is 0.261 e. The minimum absolute atomic E-state index is 0.0258. The molecule has 3 rings (SSSR count). The highest BCUT2D eigenvalue weighted by molar-refractivity contribution is 7.90. The lowest BCUT2D eigenvalue weighted by Crippen LogP contribution is -2.48. The van der Waals surface area contributed by atoms with Crippen LogP contribution in [0, 0.1) is 11.6 Å². The summed E-state index contributed by atoms with van der Waals surface area (Å²) in [6, 6.07) is 6.47. The van der Waals surface area contributed by atoms with Gasteiger partial charge in [0.25, 0.3) is 5.91 Å². The van der Waals surface area contributed by atoms with Gasteiger partial charge in [0.05, 0.1) is 13.2 Å². The summed E-state index contributed by atoms with van der Waals surface area (Å²) >= 11 is 0. The predicted molar refractivity (Wildman–Crippen MR) is 107 cm³/mol. The van der Waals surface area contributed by atoms with Gasteiger partial charge >= 0.3 is 0 Å². The lowest BCUT2D eigenvalue weighted by molar-refractivity contribution is 0.0591. The number of benzene rings is 2. The van der Waals surface area contributed by atoms with Crippen LogP contribution >= 0.6 is 0 Å². The summed E-state index contributed by atoms with van der Waals surface area (Å²) in [5, 5.41) is 0. The lowest BCUT2D eigenvalue weighted by Gasteiger charge is -2.40. The number of hydrogen-bond acceptors (Lipinski definition) is 5. The van der Waals surface area contributed by atoms with Crippen molar-refractivity contribution in [3.8, 4) is 11.5 Å². The molecule has 0 spiro atoms. The number of carbonyl (C=O) groups excluding carboxylic acids is 1. The zero-order valence-electron chi connectivity index (χ0n) is 17.1. The number of halogens is 2. The number of nitrogens with zero attached hydrogens (tertiary/aromatic N) is 1. The zero-order chi connectivity index (χ0) is 22.2. The SMILES string of the molecule is COc1c(S(C)(=O)=O)ccc(OC(C)C)c1C(=O)N1CC(c2ccc(F)c(F)c2)C1. The Hall–Kier alpha value is -2.68. The maximum atomic E-state index is 13.5. The zero-order valence-corrected chi connectivity index (χ0v) is 17.9. The van der Waals surface area contributed by atoms with E-state index in [2.05, 4.69) is 0 Å². The summed E-state index contributed by atoms with van der Waals surface area (Å²) < 4.78 is 62.0. The number of carbonyl (C=O) groups is 1. The molecule has 1 heterocycles. The Morgan fingerprint density at radius 3 is 2.33 bits per heavy atom. The average Bonchev–Trinajstić information content (AvgIpc) is 2.61. The van der Waals surface area contributed by atoms with E-state index < -0.39 is 27.4 Å². The number of sulfone groups is 1. The van der Waals surface area contributed by atoms with Gasteiger partial charge in [-0.25, -0.2) is 17.2 Å². The second-order valence-corrected chi connectivity index (χ2v) is 9.47. The summed E-state index contributed by atoms with van der Waals surface area (Å²) in [6.07, 6.45) is 0.779. The first-order valence-corrected chi connectivity index (χ1v) is 11.2. The van der Waals surface area contributed by atoms with E-state index in [1.165, 1.54) is 30.2 Å². The molecule has 162 valence electrons. The topological polar surface area (TPSA) is 72.9 Å². The molecule has 0 aromatic heterocycles. The third kappa shape index (κ3) is 4.26. The Kier molecular flexibility index (Phi) is 6.03. The molecule has 1 aliphatic heterocycles. The van der Waals surface area contributed by atoms with Gasteiger partial charge in [-0.2, -0.15) is 0 Å². The highest BCUT2D eigenvalue weighted by atomic mass is 32.2. The fourth-order valence-electron chi connectivity index (χ4n) is 3.37. The smallest absolute Gasteiger partial charge is 0.261 e. The number of methoxy groups -OCH3 is 1. The third-order valence-corrected chi connectivity index (χ3v) is 5.97. The Morgan fingerprint density at radius 2 is 1.80 bits per heavy atom.